The summed E-state index contributed by atoms with van der Waals surface area (Å²) in [5.74, 6) is 0.956. The van der Waals surface area contributed by atoms with E-state index < -0.39 is 14.5 Å². The Bertz CT molecular complexity index is 1420. The molecule has 0 radical (unpaired) electrons. The van der Waals surface area contributed by atoms with Gasteiger partial charge in [0.05, 0.1) is 11.7 Å². The Morgan fingerprint density at radius 3 is 2.62 bits per heavy atom. The van der Waals surface area contributed by atoms with Gasteiger partial charge in [0.15, 0.2) is 8.32 Å². The first-order valence-electron chi connectivity index (χ1n) is 14.1. The summed E-state index contributed by atoms with van der Waals surface area (Å²) in [5.41, 5.74) is 5.05. The van der Waals surface area contributed by atoms with Gasteiger partial charge in [-0.15, -0.1) is 10.2 Å². The molecule has 0 spiro atoms. The average Bonchev–Trinajstić information content (AvgIpc) is 3.58. The largest absolute Gasteiger partial charge is 0.490 e. The molecular formula is C31H40N4O3SSi. The van der Waals surface area contributed by atoms with Crippen LogP contribution in [-0.4, -0.2) is 54.0 Å². The maximum atomic E-state index is 11.0. The van der Waals surface area contributed by atoms with Gasteiger partial charge in [0.25, 0.3) is 0 Å². The van der Waals surface area contributed by atoms with E-state index in [0.717, 1.165) is 40.5 Å². The standard InChI is InChI=1S/C31H40N4O3SSi/c1-19(2)38-26-12-11-20(15-22(26)18-32)29-33-34-30(39-29)24-10-8-9-23-25(24)16-21-17-27(36)35(28(21)23)13-14-37-40(6,7)31(3,4)5/h8-12,15,19,21,27-28,36H,13-14,16-17H2,1-7H3. The SMILES string of the molecule is CC(C)Oc1ccc(-c2nnc(-c3cccc4c3CC3CC(O)N(CCO[Si](C)(C)C(C)(C)C)C43)s2)cc1C#N. The van der Waals surface area contributed by atoms with Gasteiger partial charge in [0.1, 0.15) is 28.1 Å². The molecule has 1 aliphatic heterocycles. The molecule has 0 amide bonds. The van der Waals surface area contributed by atoms with Crippen LogP contribution in [0.3, 0.4) is 0 Å². The molecule has 1 N–H and O–H groups in total. The minimum absolute atomic E-state index is 0.00695. The molecule has 3 aromatic rings. The zero-order valence-corrected chi connectivity index (χ0v) is 26.4. The van der Waals surface area contributed by atoms with Crippen molar-refractivity contribution >= 4 is 19.7 Å². The van der Waals surface area contributed by atoms with Gasteiger partial charge in [-0.25, -0.2) is 0 Å². The number of hydrogen-bond donors (Lipinski definition) is 1. The fourth-order valence-corrected chi connectivity index (χ4v) is 7.58. The summed E-state index contributed by atoms with van der Waals surface area (Å²) in [6, 6.07) is 14.5. The van der Waals surface area contributed by atoms with Crippen molar-refractivity contribution < 1.29 is 14.3 Å². The number of nitriles is 1. The van der Waals surface area contributed by atoms with Gasteiger partial charge < -0.3 is 14.3 Å². The van der Waals surface area contributed by atoms with Crippen LogP contribution in [-0.2, 0) is 10.8 Å². The fraction of sp³-hybridized carbons (Fsp3) is 0.516. The third-order valence-corrected chi connectivity index (χ3v) is 14.2. The van der Waals surface area contributed by atoms with E-state index in [0.29, 0.717) is 23.8 Å². The van der Waals surface area contributed by atoms with Crippen molar-refractivity contribution in [2.45, 2.75) is 84.0 Å². The zero-order valence-electron chi connectivity index (χ0n) is 24.6. The highest BCUT2D eigenvalue weighted by Crippen LogP contribution is 2.51. The Balaban J connectivity index is 1.37. The lowest BCUT2D eigenvalue weighted by Crippen LogP contribution is -2.43. The van der Waals surface area contributed by atoms with Crippen LogP contribution in [0.5, 0.6) is 5.75 Å². The number of fused-ring (bicyclic) bond motifs is 3. The number of benzene rings is 2. The molecule has 0 saturated carbocycles. The number of likely N-dealkylation sites (tertiary alicyclic amines) is 1. The van der Waals surface area contributed by atoms with Crippen molar-refractivity contribution in [3.05, 3.63) is 53.1 Å². The van der Waals surface area contributed by atoms with Gasteiger partial charge in [-0.3, -0.25) is 4.90 Å². The lowest BCUT2D eigenvalue weighted by Gasteiger charge is -2.37. The van der Waals surface area contributed by atoms with E-state index in [1.165, 1.54) is 11.1 Å². The van der Waals surface area contributed by atoms with Crippen molar-refractivity contribution in [2.24, 2.45) is 5.92 Å². The number of nitrogens with zero attached hydrogens (tertiary/aromatic N) is 4. The van der Waals surface area contributed by atoms with Gasteiger partial charge in [-0.1, -0.05) is 50.3 Å². The molecule has 40 heavy (non-hydrogen) atoms. The number of aliphatic hydroxyl groups is 1. The minimum atomic E-state index is -1.85. The van der Waals surface area contributed by atoms with E-state index in [1.807, 2.05) is 32.0 Å². The molecule has 1 fully saturated rings. The van der Waals surface area contributed by atoms with Crippen LogP contribution in [0.1, 0.15) is 63.8 Å². The molecule has 2 aliphatic rings. The number of ether oxygens (including phenoxy) is 1. The van der Waals surface area contributed by atoms with Gasteiger partial charge in [-0.05, 0) is 80.1 Å². The van der Waals surface area contributed by atoms with Crippen molar-refractivity contribution in [1.82, 2.24) is 15.1 Å². The number of aliphatic hydroxyl groups excluding tert-OH is 1. The molecule has 1 aromatic heterocycles. The van der Waals surface area contributed by atoms with Crippen LogP contribution < -0.4 is 4.74 Å². The van der Waals surface area contributed by atoms with E-state index >= 15 is 0 Å². The summed E-state index contributed by atoms with van der Waals surface area (Å²) >= 11 is 1.54. The monoisotopic (exact) mass is 576 g/mol. The fourth-order valence-electron chi connectivity index (χ4n) is 5.66. The highest BCUT2D eigenvalue weighted by atomic mass is 32.1. The van der Waals surface area contributed by atoms with E-state index in [2.05, 4.69) is 73.2 Å². The van der Waals surface area contributed by atoms with Gasteiger partial charge in [0.2, 0.25) is 0 Å². The topological polar surface area (TPSA) is 91.5 Å². The molecule has 0 bridgehead atoms. The molecule has 1 saturated heterocycles. The van der Waals surface area contributed by atoms with Crippen LogP contribution in [0.25, 0.3) is 21.1 Å². The molecular weight excluding hydrogens is 537 g/mol. The normalized spacial score (nSPS) is 20.9. The molecule has 2 heterocycles. The Labute approximate surface area is 242 Å². The molecule has 7 nitrogen and oxygen atoms in total. The predicted octanol–water partition coefficient (Wildman–Crippen LogP) is 6.79. The Hall–Kier alpha value is -2.61. The lowest BCUT2D eigenvalue weighted by molar-refractivity contribution is 0.00761. The van der Waals surface area contributed by atoms with Crippen molar-refractivity contribution in [3.8, 4) is 33.0 Å². The van der Waals surface area contributed by atoms with Crippen molar-refractivity contribution in [1.29, 1.82) is 5.26 Å². The van der Waals surface area contributed by atoms with E-state index in [1.54, 1.807) is 11.3 Å². The third kappa shape index (κ3) is 5.48. The molecule has 212 valence electrons. The van der Waals surface area contributed by atoms with Crippen molar-refractivity contribution in [3.63, 3.8) is 0 Å². The van der Waals surface area contributed by atoms with E-state index in [4.69, 9.17) is 9.16 Å². The molecule has 2 aromatic carbocycles. The van der Waals surface area contributed by atoms with Gasteiger partial charge in [-0.2, -0.15) is 5.26 Å². The minimum Gasteiger partial charge on any atom is -0.490 e. The van der Waals surface area contributed by atoms with E-state index in [-0.39, 0.29) is 17.2 Å². The maximum Gasteiger partial charge on any atom is 0.192 e. The van der Waals surface area contributed by atoms with Crippen LogP contribution in [0.15, 0.2) is 36.4 Å². The smallest absolute Gasteiger partial charge is 0.192 e. The molecule has 9 heteroatoms. The Morgan fingerprint density at radius 2 is 1.93 bits per heavy atom. The third-order valence-electron chi connectivity index (χ3n) is 8.68. The molecule has 1 aliphatic carbocycles. The zero-order chi connectivity index (χ0) is 28.8. The Morgan fingerprint density at radius 1 is 1.18 bits per heavy atom. The quantitative estimate of drug-likeness (QED) is 0.295. The summed E-state index contributed by atoms with van der Waals surface area (Å²) < 4.78 is 12.2. The second kappa shape index (κ2) is 11.0. The predicted molar refractivity (Wildman–Crippen MR) is 162 cm³/mol. The molecule has 5 rings (SSSR count). The first kappa shape index (κ1) is 28.9. The molecule has 3 unspecified atom stereocenters. The maximum absolute atomic E-state index is 11.0. The van der Waals surface area contributed by atoms with Crippen LogP contribution in [0.2, 0.25) is 18.1 Å². The van der Waals surface area contributed by atoms with Crippen LogP contribution in [0, 0.1) is 17.2 Å². The summed E-state index contributed by atoms with van der Waals surface area (Å²) in [6.45, 7) is 16.6. The summed E-state index contributed by atoms with van der Waals surface area (Å²) in [7, 11) is -1.85. The second-order valence-electron chi connectivity index (χ2n) is 12.7. The van der Waals surface area contributed by atoms with Gasteiger partial charge >= 0.3 is 0 Å². The van der Waals surface area contributed by atoms with E-state index in [9.17, 15) is 10.4 Å². The Kier molecular flexibility index (Phi) is 7.94. The highest BCUT2D eigenvalue weighted by molar-refractivity contribution is 7.17. The van der Waals surface area contributed by atoms with Crippen LogP contribution >= 0.6 is 11.3 Å². The highest BCUT2D eigenvalue weighted by Gasteiger charge is 2.47. The van der Waals surface area contributed by atoms with Gasteiger partial charge in [0, 0.05) is 30.3 Å². The van der Waals surface area contributed by atoms with Crippen LogP contribution in [0.4, 0.5) is 0 Å². The summed E-state index contributed by atoms with van der Waals surface area (Å²) in [5, 5.41) is 31.5. The number of hydrogen-bond acceptors (Lipinski definition) is 8. The summed E-state index contributed by atoms with van der Waals surface area (Å²) in [6.07, 6.45) is 1.23. The number of rotatable bonds is 8. The summed E-state index contributed by atoms with van der Waals surface area (Å²) in [4.78, 5) is 2.24. The molecule has 3 atom stereocenters. The lowest BCUT2D eigenvalue weighted by atomic mass is 10.0. The first-order chi connectivity index (χ1) is 18.9. The second-order valence-corrected chi connectivity index (χ2v) is 18.5. The number of aromatic nitrogens is 2. The first-order valence-corrected chi connectivity index (χ1v) is 17.9. The van der Waals surface area contributed by atoms with Crippen molar-refractivity contribution in [2.75, 3.05) is 13.2 Å². The average molecular weight is 577 g/mol.